The van der Waals surface area contributed by atoms with Crippen LogP contribution in [0.1, 0.15) is 18.3 Å². The van der Waals surface area contributed by atoms with Crippen LogP contribution in [0.15, 0.2) is 0 Å². The quantitative estimate of drug-likeness (QED) is 0.703. The summed E-state index contributed by atoms with van der Waals surface area (Å²) in [4.78, 5) is 12.9. The maximum atomic E-state index is 10.8. The summed E-state index contributed by atoms with van der Waals surface area (Å²) in [5.74, 6) is -0.366. The van der Waals surface area contributed by atoms with Gasteiger partial charge in [-0.2, -0.15) is 0 Å². The van der Waals surface area contributed by atoms with Gasteiger partial charge in [0, 0.05) is 6.54 Å². The van der Waals surface area contributed by atoms with Gasteiger partial charge in [0.2, 0.25) is 5.91 Å². The van der Waals surface area contributed by atoms with E-state index in [1.165, 1.54) is 0 Å². The fraction of sp³-hybridized carbons (Fsp3) is 0.700. The second-order valence-corrected chi connectivity index (χ2v) is 4.01. The summed E-state index contributed by atoms with van der Waals surface area (Å²) in [5, 5.41) is 8.04. The van der Waals surface area contributed by atoms with Crippen molar-refractivity contribution in [1.29, 1.82) is 0 Å². The van der Waals surface area contributed by atoms with Crippen LogP contribution in [-0.2, 0) is 24.2 Å². The first kappa shape index (κ1) is 12.6. The molecule has 0 radical (unpaired) electrons. The Balaban J connectivity index is 2.77. The van der Waals surface area contributed by atoms with Crippen LogP contribution >= 0.6 is 0 Å². The number of nitrogens with two attached hydrogens (primary N) is 1. The Morgan fingerprint density at radius 1 is 1.50 bits per heavy atom. The molecular weight excluding hydrogens is 206 g/mol. The van der Waals surface area contributed by atoms with E-state index in [2.05, 4.69) is 15.2 Å². The van der Waals surface area contributed by atoms with Crippen LogP contribution in [0.5, 0.6) is 0 Å². The summed E-state index contributed by atoms with van der Waals surface area (Å²) in [5.41, 5.74) is 6.86. The lowest BCUT2D eigenvalue weighted by Crippen LogP contribution is -2.20. The zero-order chi connectivity index (χ0) is 12.1. The number of hydrogen-bond acceptors (Lipinski definition) is 4. The second-order valence-electron chi connectivity index (χ2n) is 4.01. The Kier molecular flexibility index (Phi) is 4.42. The summed E-state index contributed by atoms with van der Waals surface area (Å²) in [6.07, 6.45) is 0.980. The van der Waals surface area contributed by atoms with Crippen molar-refractivity contribution in [2.75, 3.05) is 20.6 Å². The number of carbonyl (C=O) groups is 1. The van der Waals surface area contributed by atoms with E-state index in [9.17, 15) is 4.79 Å². The molecule has 1 rings (SSSR count). The molecule has 6 heteroatoms. The molecule has 1 heterocycles. The lowest BCUT2D eigenvalue weighted by Gasteiger charge is -2.10. The number of nitrogens with zero attached hydrogens (tertiary/aromatic N) is 4. The first-order valence-electron chi connectivity index (χ1n) is 5.38. The number of carbonyl (C=O) groups excluding carboxylic acids is 1. The molecule has 2 N–H and O–H groups in total. The van der Waals surface area contributed by atoms with Gasteiger partial charge in [0.05, 0.1) is 24.4 Å². The minimum absolute atomic E-state index is 0.172. The molecule has 16 heavy (non-hydrogen) atoms. The lowest BCUT2D eigenvalue weighted by atomic mass is 10.2. The van der Waals surface area contributed by atoms with Gasteiger partial charge in [0.25, 0.3) is 0 Å². The zero-order valence-corrected chi connectivity index (χ0v) is 10.1. The Morgan fingerprint density at radius 2 is 2.19 bits per heavy atom. The summed E-state index contributed by atoms with van der Waals surface area (Å²) in [6.45, 7) is 3.70. The number of hydrogen-bond donors (Lipinski definition) is 1. The lowest BCUT2D eigenvalue weighted by molar-refractivity contribution is -0.117. The zero-order valence-electron chi connectivity index (χ0n) is 10.1. The van der Waals surface area contributed by atoms with E-state index in [1.807, 2.05) is 25.7 Å². The molecule has 0 unspecified atom stereocenters. The number of amides is 1. The van der Waals surface area contributed by atoms with Crippen molar-refractivity contribution in [2.24, 2.45) is 5.73 Å². The van der Waals surface area contributed by atoms with Crippen molar-refractivity contribution in [3.63, 3.8) is 0 Å². The monoisotopic (exact) mass is 225 g/mol. The van der Waals surface area contributed by atoms with E-state index < -0.39 is 0 Å². The van der Waals surface area contributed by atoms with Crippen molar-refractivity contribution in [2.45, 2.75) is 26.3 Å². The van der Waals surface area contributed by atoms with Crippen LogP contribution in [0.4, 0.5) is 0 Å². The fourth-order valence-electron chi connectivity index (χ4n) is 1.53. The van der Waals surface area contributed by atoms with Gasteiger partial charge in [0.1, 0.15) is 0 Å². The molecule has 6 nitrogen and oxygen atoms in total. The van der Waals surface area contributed by atoms with Crippen LogP contribution in [-0.4, -0.2) is 46.4 Å². The Bertz CT molecular complexity index is 358. The normalized spacial score (nSPS) is 11.0. The van der Waals surface area contributed by atoms with E-state index in [-0.39, 0.29) is 12.3 Å². The first-order valence-corrected chi connectivity index (χ1v) is 5.38. The summed E-state index contributed by atoms with van der Waals surface area (Å²) < 4.78 is 1.85. The SMILES string of the molecule is CCc1c(CC(N)=O)nnn1CCN(C)C. The first-order chi connectivity index (χ1) is 7.54. The third-order valence-electron chi connectivity index (χ3n) is 2.35. The van der Waals surface area contributed by atoms with Crippen LogP contribution in [0, 0.1) is 0 Å². The highest BCUT2D eigenvalue weighted by atomic mass is 16.1. The fourth-order valence-corrected chi connectivity index (χ4v) is 1.53. The van der Waals surface area contributed by atoms with Crippen molar-refractivity contribution in [1.82, 2.24) is 19.9 Å². The predicted octanol–water partition coefficient (Wildman–Crippen LogP) is -0.570. The van der Waals surface area contributed by atoms with Gasteiger partial charge in [-0.15, -0.1) is 5.10 Å². The predicted molar refractivity (Wildman–Crippen MR) is 60.9 cm³/mol. The molecule has 0 saturated heterocycles. The molecule has 0 aliphatic rings. The third-order valence-corrected chi connectivity index (χ3v) is 2.35. The smallest absolute Gasteiger partial charge is 0.223 e. The van der Waals surface area contributed by atoms with Gasteiger partial charge < -0.3 is 10.6 Å². The van der Waals surface area contributed by atoms with Crippen molar-refractivity contribution >= 4 is 5.91 Å². The van der Waals surface area contributed by atoms with Crippen LogP contribution < -0.4 is 5.73 Å². The van der Waals surface area contributed by atoms with E-state index in [1.54, 1.807) is 0 Å². The highest BCUT2D eigenvalue weighted by molar-refractivity contribution is 5.76. The van der Waals surface area contributed by atoms with Gasteiger partial charge in [-0.3, -0.25) is 4.79 Å². The van der Waals surface area contributed by atoms with Gasteiger partial charge >= 0.3 is 0 Å². The second kappa shape index (κ2) is 5.60. The molecule has 0 spiro atoms. The molecule has 90 valence electrons. The van der Waals surface area contributed by atoms with E-state index >= 15 is 0 Å². The molecule has 0 aliphatic carbocycles. The molecule has 0 atom stereocenters. The molecule has 0 aromatic carbocycles. The van der Waals surface area contributed by atoms with Crippen LogP contribution in [0.2, 0.25) is 0 Å². The molecule has 0 fully saturated rings. The van der Waals surface area contributed by atoms with Crippen LogP contribution in [0.25, 0.3) is 0 Å². The minimum atomic E-state index is -0.366. The van der Waals surface area contributed by atoms with E-state index in [0.717, 1.165) is 25.2 Å². The summed E-state index contributed by atoms with van der Waals surface area (Å²) >= 11 is 0. The number of aromatic nitrogens is 3. The maximum absolute atomic E-state index is 10.8. The van der Waals surface area contributed by atoms with Crippen molar-refractivity contribution in [3.05, 3.63) is 11.4 Å². The average Bonchev–Trinajstić information content (AvgIpc) is 2.56. The van der Waals surface area contributed by atoms with Gasteiger partial charge in [-0.05, 0) is 20.5 Å². The van der Waals surface area contributed by atoms with Crippen LogP contribution in [0.3, 0.4) is 0 Å². The molecule has 0 bridgehead atoms. The number of primary amides is 1. The third kappa shape index (κ3) is 3.30. The highest BCUT2D eigenvalue weighted by Gasteiger charge is 2.12. The van der Waals surface area contributed by atoms with Crippen molar-refractivity contribution < 1.29 is 4.79 Å². The topological polar surface area (TPSA) is 77.0 Å². The molecule has 1 aromatic rings. The van der Waals surface area contributed by atoms with E-state index in [0.29, 0.717) is 5.69 Å². The van der Waals surface area contributed by atoms with Crippen molar-refractivity contribution in [3.8, 4) is 0 Å². The molecule has 1 aromatic heterocycles. The Labute approximate surface area is 95.4 Å². The maximum Gasteiger partial charge on any atom is 0.223 e. The Morgan fingerprint density at radius 3 is 2.69 bits per heavy atom. The number of rotatable bonds is 6. The minimum Gasteiger partial charge on any atom is -0.369 e. The number of likely N-dealkylation sites (N-methyl/N-ethyl adjacent to an activating group) is 1. The average molecular weight is 225 g/mol. The standard InChI is InChI=1S/C10H19N5O/c1-4-9-8(7-10(11)16)12-13-15(9)6-5-14(2)3/h4-7H2,1-3H3,(H2,11,16). The van der Waals surface area contributed by atoms with Gasteiger partial charge in [-0.25, -0.2) is 4.68 Å². The molecular formula is C10H19N5O. The van der Waals surface area contributed by atoms with Gasteiger partial charge in [0.15, 0.2) is 0 Å². The highest BCUT2D eigenvalue weighted by Crippen LogP contribution is 2.07. The Hall–Kier alpha value is -1.43. The summed E-state index contributed by atoms with van der Waals surface area (Å²) in [6, 6.07) is 0. The van der Waals surface area contributed by atoms with E-state index in [4.69, 9.17) is 5.73 Å². The molecule has 0 aliphatic heterocycles. The van der Waals surface area contributed by atoms with Gasteiger partial charge in [-0.1, -0.05) is 12.1 Å². The largest absolute Gasteiger partial charge is 0.369 e. The summed E-state index contributed by atoms with van der Waals surface area (Å²) in [7, 11) is 4.01. The molecule has 1 amide bonds. The molecule has 0 saturated carbocycles.